The Labute approximate surface area is 236 Å². The number of carbonyl (C=O) groups is 1. The number of aryl methyl sites for hydroxylation is 1. The van der Waals surface area contributed by atoms with Gasteiger partial charge in [0.25, 0.3) is 5.91 Å². The van der Waals surface area contributed by atoms with Crippen molar-refractivity contribution >= 4 is 28.4 Å². The van der Waals surface area contributed by atoms with Crippen molar-refractivity contribution in [3.63, 3.8) is 0 Å². The molecule has 2 atom stereocenters. The number of ether oxygens (including phenoxy) is 1. The Morgan fingerprint density at radius 1 is 1.20 bits per heavy atom. The van der Waals surface area contributed by atoms with E-state index in [2.05, 4.69) is 20.5 Å². The monoisotopic (exact) mass is 564 g/mol. The molecule has 1 amide bonds. The van der Waals surface area contributed by atoms with Crippen molar-refractivity contribution in [3.8, 4) is 17.0 Å². The van der Waals surface area contributed by atoms with Gasteiger partial charge in [-0.2, -0.15) is 5.10 Å². The highest BCUT2D eigenvalue weighted by molar-refractivity contribution is 6.30. The number of hydrogen-bond acceptors (Lipinski definition) is 7. The summed E-state index contributed by atoms with van der Waals surface area (Å²) in [5.74, 6) is -1.30. The largest absolute Gasteiger partial charge is 0.494 e. The van der Waals surface area contributed by atoms with Gasteiger partial charge in [0.05, 0.1) is 25.0 Å². The first-order valence-corrected chi connectivity index (χ1v) is 13.4. The van der Waals surface area contributed by atoms with E-state index in [1.54, 1.807) is 50.2 Å². The van der Waals surface area contributed by atoms with Gasteiger partial charge in [0.15, 0.2) is 5.82 Å². The fourth-order valence-corrected chi connectivity index (χ4v) is 4.99. The third-order valence-corrected chi connectivity index (χ3v) is 7.63. The molecule has 8 nitrogen and oxygen atoms in total. The lowest BCUT2D eigenvalue weighted by atomic mass is 9.88. The quantitative estimate of drug-likeness (QED) is 0.264. The summed E-state index contributed by atoms with van der Waals surface area (Å²) in [4.78, 5) is 17.9. The van der Waals surface area contributed by atoms with Gasteiger partial charge in [-0.15, -0.1) is 5.10 Å². The molecule has 1 aliphatic carbocycles. The van der Waals surface area contributed by atoms with Crippen LogP contribution >= 0.6 is 11.6 Å². The average Bonchev–Trinajstić information content (AvgIpc) is 3.81. The predicted octanol–water partition coefficient (Wildman–Crippen LogP) is 4.92. The Morgan fingerprint density at radius 3 is 2.58 bits per heavy atom. The molecule has 208 valence electrons. The summed E-state index contributed by atoms with van der Waals surface area (Å²) in [7, 11) is 1.49. The number of hydrogen-bond donors (Lipinski definition) is 3. The van der Waals surface area contributed by atoms with Crippen molar-refractivity contribution in [2.75, 3.05) is 20.3 Å². The van der Waals surface area contributed by atoms with Gasteiger partial charge in [0.1, 0.15) is 22.6 Å². The Kier molecular flexibility index (Phi) is 7.72. The number of carbonyl (C=O) groups excluding carboxylic acids is 1. The van der Waals surface area contributed by atoms with Crippen LogP contribution in [0.4, 0.5) is 4.39 Å². The summed E-state index contributed by atoms with van der Waals surface area (Å²) in [6.45, 7) is 3.08. The zero-order valence-corrected chi connectivity index (χ0v) is 23.2. The van der Waals surface area contributed by atoms with Crippen molar-refractivity contribution in [1.82, 2.24) is 20.5 Å². The second-order valence-corrected chi connectivity index (χ2v) is 10.8. The van der Waals surface area contributed by atoms with E-state index in [4.69, 9.17) is 16.3 Å². The molecule has 0 radical (unpaired) electrons. The molecule has 2 heterocycles. The molecule has 5 rings (SSSR count). The van der Waals surface area contributed by atoms with Crippen molar-refractivity contribution in [2.24, 2.45) is 5.92 Å². The normalized spacial score (nSPS) is 15.5. The SMILES string of the molecule is COc1cc(C(=O)NCC(O)(c2cc(C(C)CO)c(F)c(-c3ccc(Cl)cc3)n2)C2CC2)cc2cc(C)nnc12. The number of aromatic nitrogens is 3. The lowest BCUT2D eigenvalue weighted by Crippen LogP contribution is -2.43. The minimum Gasteiger partial charge on any atom is -0.494 e. The van der Waals surface area contributed by atoms with Crippen molar-refractivity contribution in [3.05, 3.63) is 81.9 Å². The molecular formula is C30H30ClFN4O4. The van der Waals surface area contributed by atoms with E-state index < -0.39 is 23.2 Å². The zero-order valence-electron chi connectivity index (χ0n) is 22.4. The number of aliphatic hydroxyl groups excluding tert-OH is 1. The van der Waals surface area contributed by atoms with Crippen LogP contribution < -0.4 is 10.1 Å². The summed E-state index contributed by atoms with van der Waals surface area (Å²) in [5, 5.41) is 34.1. The van der Waals surface area contributed by atoms with Crippen LogP contribution in [0.2, 0.25) is 5.02 Å². The number of rotatable bonds is 9. The Hall–Kier alpha value is -3.66. The summed E-state index contributed by atoms with van der Waals surface area (Å²) in [5.41, 5.74) is 1.01. The number of nitrogens with one attached hydrogen (secondary N) is 1. The first-order valence-electron chi connectivity index (χ1n) is 13.0. The second kappa shape index (κ2) is 11.1. The van der Waals surface area contributed by atoms with E-state index >= 15 is 4.39 Å². The van der Waals surface area contributed by atoms with Gasteiger partial charge < -0.3 is 20.3 Å². The molecule has 40 heavy (non-hydrogen) atoms. The van der Waals surface area contributed by atoms with Gasteiger partial charge in [-0.3, -0.25) is 4.79 Å². The van der Waals surface area contributed by atoms with Gasteiger partial charge >= 0.3 is 0 Å². The Bertz CT molecular complexity index is 1580. The third kappa shape index (κ3) is 5.37. The second-order valence-electron chi connectivity index (χ2n) is 10.3. The Balaban J connectivity index is 1.51. The summed E-state index contributed by atoms with van der Waals surface area (Å²) in [6, 6.07) is 13.2. The maximum absolute atomic E-state index is 15.7. The molecule has 2 aromatic heterocycles. The van der Waals surface area contributed by atoms with Crippen molar-refractivity contribution in [2.45, 2.75) is 38.2 Å². The van der Waals surface area contributed by atoms with E-state index in [-0.39, 0.29) is 36.0 Å². The van der Waals surface area contributed by atoms with Gasteiger partial charge in [0.2, 0.25) is 0 Å². The van der Waals surface area contributed by atoms with Gasteiger partial charge in [0, 0.05) is 34.1 Å². The fourth-order valence-electron chi connectivity index (χ4n) is 4.86. The van der Waals surface area contributed by atoms with E-state index in [0.29, 0.717) is 38.5 Å². The Morgan fingerprint density at radius 2 is 1.93 bits per heavy atom. The van der Waals surface area contributed by atoms with Crippen LogP contribution in [0, 0.1) is 18.7 Å². The summed E-state index contributed by atoms with van der Waals surface area (Å²) in [6.07, 6.45) is 1.46. The van der Waals surface area contributed by atoms with Crippen LogP contribution in [0.1, 0.15) is 53.0 Å². The maximum atomic E-state index is 15.7. The first kappa shape index (κ1) is 27.9. The van der Waals surface area contributed by atoms with Crippen LogP contribution in [0.3, 0.4) is 0 Å². The smallest absolute Gasteiger partial charge is 0.251 e. The molecule has 0 bridgehead atoms. The number of fused-ring (bicyclic) bond motifs is 1. The molecule has 1 aliphatic rings. The van der Waals surface area contributed by atoms with E-state index in [1.165, 1.54) is 13.2 Å². The van der Waals surface area contributed by atoms with Gasteiger partial charge in [-0.1, -0.05) is 30.7 Å². The molecule has 0 saturated heterocycles. The molecule has 10 heteroatoms. The highest BCUT2D eigenvalue weighted by atomic mass is 35.5. The molecule has 2 unspecified atom stereocenters. The average molecular weight is 565 g/mol. The molecule has 1 fully saturated rings. The number of aliphatic hydroxyl groups is 2. The molecule has 2 aromatic carbocycles. The highest BCUT2D eigenvalue weighted by Gasteiger charge is 2.47. The van der Waals surface area contributed by atoms with Crippen molar-refractivity contribution < 1.29 is 24.1 Å². The zero-order chi connectivity index (χ0) is 28.6. The summed E-state index contributed by atoms with van der Waals surface area (Å²) < 4.78 is 21.1. The predicted molar refractivity (Wildman–Crippen MR) is 150 cm³/mol. The number of pyridine rings is 1. The number of nitrogens with zero attached hydrogens (tertiary/aromatic N) is 3. The molecule has 0 aliphatic heterocycles. The van der Waals surface area contributed by atoms with Crippen LogP contribution in [0.15, 0.2) is 48.5 Å². The number of methoxy groups -OCH3 is 1. The van der Waals surface area contributed by atoms with Crippen LogP contribution in [0.25, 0.3) is 22.2 Å². The lowest BCUT2D eigenvalue weighted by molar-refractivity contribution is 0.00936. The minimum atomic E-state index is -1.56. The number of amides is 1. The van der Waals surface area contributed by atoms with E-state index in [0.717, 1.165) is 12.8 Å². The topological polar surface area (TPSA) is 117 Å². The molecule has 3 N–H and O–H groups in total. The van der Waals surface area contributed by atoms with Gasteiger partial charge in [-0.05, 0) is 67.6 Å². The van der Waals surface area contributed by atoms with E-state index in [1.807, 2.05) is 6.07 Å². The minimum absolute atomic E-state index is 0.0469. The maximum Gasteiger partial charge on any atom is 0.251 e. The van der Waals surface area contributed by atoms with Gasteiger partial charge in [-0.25, -0.2) is 9.37 Å². The van der Waals surface area contributed by atoms with Crippen LogP contribution in [-0.4, -0.2) is 51.6 Å². The highest BCUT2D eigenvalue weighted by Crippen LogP contribution is 2.46. The van der Waals surface area contributed by atoms with Crippen molar-refractivity contribution in [1.29, 1.82) is 0 Å². The summed E-state index contributed by atoms with van der Waals surface area (Å²) >= 11 is 6.04. The van der Waals surface area contributed by atoms with Crippen LogP contribution in [-0.2, 0) is 5.60 Å². The third-order valence-electron chi connectivity index (χ3n) is 7.38. The van der Waals surface area contributed by atoms with Crippen LogP contribution in [0.5, 0.6) is 5.75 Å². The molecule has 4 aromatic rings. The molecular weight excluding hydrogens is 535 g/mol. The van der Waals surface area contributed by atoms with E-state index in [9.17, 15) is 15.0 Å². The molecule has 0 spiro atoms. The fraction of sp³-hybridized carbons (Fsp3) is 0.333. The lowest BCUT2D eigenvalue weighted by Gasteiger charge is -2.30. The standard InChI is InChI=1S/C30H30ClFN4O4/c1-16(14-37)23-13-25(34-28(26(23)32)18-4-8-22(31)9-5-18)30(39,21-6-7-21)15-33-29(38)20-11-19-10-17(2)35-36-27(19)24(12-20)40-3/h4-5,8-13,16,21,37,39H,6-7,14-15H2,1-3H3,(H,33,38). The number of halogens is 2. The molecule has 1 saturated carbocycles. The first-order chi connectivity index (χ1) is 19.1. The number of benzene rings is 2.